The lowest BCUT2D eigenvalue weighted by Crippen LogP contribution is -2.34. The summed E-state index contributed by atoms with van der Waals surface area (Å²) in [7, 11) is 0. The number of halogens is 3. The van der Waals surface area contributed by atoms with Crippen molar-refractivity contribution in [3.63, 3.8) is 0 Å². The summed E-state index contributed by atoms with van der Waals surface area (Å²) in [4.78, 5) is 4.30. The second kappa shape index (κ2) is 6.05. The maximum Gasteiger partial charge on any atom is 0.416 e. The largest absolute Gasteiger partial charge is 0.416 e. The van der Waals surface area contributed by atoms with Gasteiger partial charge in [0.1, 0.15) is 0 Å². The van der Waals surface area contributed by atoms with E-state index in [-0.39, 0.29) is 5.89 Å². The third-order valence-electron chi connectivity index (χ3n) is 4.37. The normalized spacial score (nSPS) is 18.1. The third kappa shape index (κ3) is 3.36. The predicted molar refractivity (Wildman–Crippen MR) is 83.6 cm³/mol. The molecule has 0 bridgehead atoms. The van der Waals surface area contributed by atoms with E-state index < -0.39 is 17.3 Å². The minimum Gasteiger partial charge on any atom is -0.335 e. The summed E-state index contributed by atoms with van der Waals surface area (Å²) < 4.78 is 43.6. The zero-order chi connectivity index (χ0) is 17.4. The van der Waals surface area contributed by atoms with Gasteiger partial charge in [-0.1, -0.05) is 30.1 Å². The summed E-state index contributed by atoms with van der Waals surface area (Å²) in [6.07, 6.45) is 0.871. The van der Waals surface area contributed by atoms with Gasteiger partial charge in [-0.25, -0.2) is 0 Å². The first kappa shape index (κ1) is 16.7. The van der Waals surface area contributed by atoms with Gasteiger partial charge < -0.3 is 10.3 Å². The molecule has 0 aliphatic heterocycles. The van der Waals surface area contributed by atoms with Crippen LogP contribution < -0.4 is 5.73 Å². The highest BCUT2D eigenvalue weighted by Crippen LogP contribution is 2.35. The van der Waals surface area contributed by atoms with Gasteiger partial charge in [-0.2, -0.15) is 18.2 Å². The maximum atomic E-state index is 12.8. The topological polar surface area (TPSA) is 64.9 Å². The zero-order valence-electron chi connectivity index (χ0n) is 13.2. The first-order valence-electron chi connectivity index (χ1n) is 7.77. The first-order valence-corrected chi connectivity index (χ1v) is 7.77. The molecule has 1 fully saturated rings. The van der Waals surface area contributed by atoms with Crippen LogP contribution in [0.3, 0.4) is 0 Å². The monoisotopic (exact) mass is 337 g/mol. The van der Waals surface area contributed by atoms with Crippen LogP contribution in [-0.4, -0.2) is 10.1 Å². The Bertz CT molecular complexity index is 758. The lowest BCUT2D eigenvalue weighted by Gasteiger charge is -2.17. The molecule has 1 saturated carbocycles. The average Bonchev–Trinajstić information content (AvgIpc) is 3.17. The summed E-state index contributed by atoms with van der Waals surface area (Å²) in [5.74, 6) is 0.708. The molecule has 1 aromatic carbocycles. The van der Waals surface area contributed by atoms with Gasteiger partial charge in [0.2, 0.25) is 0 Å². The van der Waals surface area contributed by atoms with Crippen LogP contribution in [0.15, 0.2) is 28.8 Å². The maximum absolute atomic E-state index is 12.8. The molecule has 0 atom stereocenters. The van der Waals surface area contributed by atoms with E-state index in [0.29, 0.717) is 17.0 Å². The van der Waals surface area contributed by atoms with Crippen LogP contribution in [-0.2, 0) is 11.7 Å². The second-order valence-corrected chi connectivity index (χ2v) is 6.23. The minimum atomic E-state index is -4.37. The van der Waals surface area contributed by atoms with Gasteiger partial charge in [0, 0.05) is 6.08 Å². The summed E-state index contributed by atoms with van der Waals surface area (Å²) in [6.45, 7) is 1.70. The van der Waals surface area contributed by atoms with Crippen molar-refractivity contribution >= 4 is 11.6 Å². The molecule has 2 aromatic rings. The number of hydrogen-bond acceptors (Lipinski definition) is 4. The van der Waals surface area contributed by atoms with E-state index in [1.807, 2.05) is 0 Å². The molecule has 1 aliphatic carbocycles. The highest BCUT2D eigenvalue weighted by Gasteiger charge is 2.35. The zero-order valence-corrected chi connectivity index (χ0v) is 13.2. The van der Waals surface area contributed by atoms with E-state index in [9.17, 15) is 13.2 Å². The molecule has 1 aliphatic rings. The van der Waals surface area contributed by atoms with Gasteiger partial charge in [-0.05, 0) is 43.0 Å². The fourth-order valence-electron chi connectivity index (χ4n) is 2.93. The number of hydrogen-bond donors (Lipinski definition) is 1. The number of aromatic nitrogens is 2. The molecule has 0 saturated heterocycles. The SMILES string of the molecule is C/C(=C/c1nc(C2(N)CCCC2)no1)c1cccc(C(F)(F)F)c1. The van der Waals surface area contributed by atoms with Gasteiger partial charge in [0.05, 0.1) is 11.1 Å². The van der Waals surface area contributed by atoms with Crippen LogP contribution in [0.4, 0.5) is 13.2 Å². The van der Waals surface area contributed by atoms with Crippen LogP contribution in [0.2, 0.25) is 0 Å². The molecular formula is C17H18F3N3O. The Morgan fingerprint density at radius 1 is 1.29 bits per heavy atom. The van der Waals surface area contributed by atoms with Crippen LogP contribution in [0.25, 0.3) is 11.6 Å². The average molecular weight is 337 g/mol. The second-order valence-electron chi connectivity index (χ2n) is 6.23. The predicted octanol–water partition coefficient (Wildman–Crippen LogP) is 4.38. The lowest BCUT2D eigenvalue weighted by atomic mass is 9.99. The Labute approximate surface area is 137 Å². The minimum absolute atomic E-state index is 0.247. The fraction of sp³-hybridized carbons (Fsp3) is 0.412. The summed E-state index contributed by atoms with van der Waals surface area (Å²) in [6, 6.07) is 5.13. The third-order valence-corrected chi connectivity index (χ3v) is 4.37. The Hall–Kier alpha value is -2.15. The van der Waals surface area contributed by atoms with E-state index in [2.05, 4.69) is 10.1 Å². The number of benzene rings is 1. The van der Waals surface area contributed by atoms with Crippen LogP contribution >= 0.6 is 0 Å². The fourth-order valence-corrected chi connectivity index (χ4v) is 2.93. The first-order chi connectivity index (χ1) is 11.3. The Balaban J connectivity index is 1.85. The van der Waals surface area contributed by atoms with Crippen molar-refractivity contribution in [1.82, 2.24) is 10.1 Å². The molecule has 0 radical (unpaired) electrons. The highest BCUT2D eigenvalue weighted by atomic mass is 19.4. The van der Waals surface area contributed by atoms with E-state index in [0.717, 1.165) is 37.8 Å². The van der Waals surface area contributed by atoms with Crippen LogP contribution in [0.1, 0.15) is 55.4 Å². The van der Waals surface area contributed by atoms with Crippen LogP contribution in [0, 0.1) is 0 Å². The Morgan fingerprint density at radius 3 is 2.67 bits per heavy atom. The van der Waals surface area contributed by atoms with Crippen molar-refractivity contribution in [3.05, 3.63) is 47.1 Å². The number of rotatable bonds is 3. The lowest BCUT2D eigenvalue weighted by molar-refractivity contribution is -0.137. The Morgan fingerprint density at radius 2 is 2.00 bits per heavy atom. The van der Waals surface area contributed by atoms with Crippen molar-refractivity contribution in [3.8, 4) is 0 Å². The van der Waals surface area contributed by atoms with Gasteiger partial charge >= 0.3 is 6.18 Å². The number of nitrogens with two attached hydrogens (primary N) is 1. The molecule has 2 N–H and O–H groups in total. The molecule has 24 heavy (non-hydrogen) atoms. The van der Waals surface area contributed by atoms with Crippen molar-refractivity contribution in [2.24, 2.45) is 5.73 Å². The van der Waals surface area contributed by atoms with Gasteiger partial charge in [0.25, 0.3) is 5.89 Å². The quantitative estimate of drug-likeness (QED) is 0.903. The van der Waals surface area contributed by atoms with Gasteiger partial charge in [-0.3, -0.25) is 0 Å². The molecular weight excluding hydrogens is 319 g/mol. The van der Waals surface area contributed by atoms with E-state index in [4.69, 9.17) is 10.3 Å². The van der Waals surface area contributed by atoms with E-state index >= 15 is 0 Å². The molecule has 0 amide bonds. The summed E-state index contributed by atoms with van der Waals surface area (Å²) >= 11 is 0. The summed E-state index contributed by atoms with van der Waals surface area (Å²) in [5, 5.41) is 3.94. The molecule has 7 heteroatoms. The Kier molecular flexibility index (Phi) is 4.21. The number of allylic oxidation sites excluding steroid dienone is 1. The molecule has 1 heterocycles. The van der Waals surface area contributed by atoms with Crippen molar-refractivity contribution in [1.29, 1.82) is 0 Å². The molecule has 128 valence electrons. The van der Waals surface area contributed by atoms with Crippen molar-refractivity contribution < 1.29 is 17.7 Å². The van der Waals surface area contributed by atoms with Crippen molar-refractivity contribution in [2.45, 2.75) is 44.3 Å². The van der Waals surface area contributed by atoms with Gasteiger partial charge in [-0.15, -0.1) is 0 Å². The molecule has 1 aromatic heterocycles. The van der Waals surface area contributed by atoms with Crippen molar-refractivity contribution in [2.75, 3.05) is 0 Å². The number of nitrogens with zero attached hydrogens (tertiary/aromatic N) is 2. The molecule has 0 unspecified atom stereocenters. The standard InChI is InChI=1S/C17H18F3N3O/c1-11(12-5-4-6-13(10-12)17(18,19)20)9-14-22-15(23-24-14)16(21)7-2-3-8-16/h4-6,9-10H,2-3,7-8,21H2,1H3/b11-9-. The molecule has 4 nitrogen and oxygen atoms in total. The number of alkyl halides is 3. The smallest absolute Gasteiger partial charge is 0.335 e. The van der Waals surface area contributed by atoms with Gasteiger partial charge in [0.15, 0.2) is 5.82 Å². The molecule has 0 spiro atoms. The van der Waals surface area contributed by atoms with Crippen LogP contribution in [0.5, 0.6) is 0 Å². The molecule has 3 rings (SSSR count). The summed E-state index contributed by atoms with van der Waals surface area (Å²) in [5.41, 5.74) is 6.08. The van der Waals surface area contributed by atoms with E-state index in [1.165, 1.54) is 6.07 Å². The highest BCUT2D eigenvalue weighted by molar-refractivity contribution is 5.78. The van der Waals surface area contributed by atoms with E-state index in [1.54, 1.807) is 19.1 Å².